The number of allylic oxidation sites excluding steroid dienone is 2. The maximum atomic E-state index is 12.7. The first-order chi connectivity index (χ1) is 11.8. The Labute approximate surface area is 154 Å². The Morgan fingerprint density at radius 1 is 1.48 bits per heavy atom. The second-order valence-electron chi connectivity index (χ2n) is 5.71. The van der Waals surface area contributed by atoms with Crippen molar-refractivity contribution >= 4 is 40.0 Å². The number of carbonyl (C=O) groups is 1. The number of benzene rings is 1. The molecule has 1 aromatic heterocycles. The van der Waals surface area contributed by atoms with Crippen LogP contribution in [0.25, 0.3) is 10.9 Å². The van der Waals surface area contributed by atoms with Crippen LogP contribution in [0, 0.1) is 11.3 Å². The van der Waals surface area contributed by atoms with Crippen LogP contribution in [0.3, 0.4) is 0 Å². The van der Waals surface area contributed by atoms with Crippen molar-refractivity contribution in [3.05, 3.63) is 44.8 Å². The van der Waals surface area contributed by atoms with Crippen molar-refractivity contribution in [3.8, 4) is 6.07 Å². The minimum absolute atomic E-state index is 0.0390. The van der Waals surface area contributed by atoms with Crippen LogP contribution in [0.4, 0.5) is 0 Å². The minimum Gasteiger partial charge on any atom is -0.401 e. The molecule has 2 N–H and O–H groups in total. The molecule has 0 saturated heterocycles. The monoisotopic (exact) mass is 376 g/mol. The van der Waals surface area contributed by atoms with Gasteiger partial charge in [0, 0.05) is 16.8 Å². The number of fused-ring (bicyclic) bond motifs is 1. The van der Waals surface area contributed by atoms with Gasteiger partial charge in [-0.1, -0.05) is 23.4 Å². The van der Waals surface area contributed by atoms with E-state index in [1.807, 2.05) is 19.9 Å². The summed E-state index contributed by atoms with van der Waals surface area (Å²) in [5.41, 5.74) is 5.92. The van der Waals surface area contributed by atoms with Crippen LogP contribution in [0.1, 0.15) is 26.8 Å². The first-order valence-corrected chi connectivity index (χ1v) is 8.86. The Bertz CT molecular complexity index is 969. The van der Waals surface area contributed by atoms with Crippen molar-refractivity contribution in [2.75, 3.05) is 5.75 Å². The molecule has 1 aromatic carbocycles. The third-order valence-electron chi connectivity index (χ3n) is 3.46. The number of thioether (sulfide) groups is 1. The summed E-state index contributed by atoms with van der Waals surface area (Å²) in [6, 6.07) is 6.56. The summed E-state index contributed by atoms with van der Waals surface area (Å²) in [5.74, 6) is -0.439. The van der Waals surface area contributed by atoms with Gasteiger partial charge < -0.3 is 5.73 Å². The molecule has 0 fully saturated rings. The highest BCUT2D eigenvalue weighted by molar-refractivity contribution is 7.99. The van der Waals surface area contributed by atoms with E-state index in [0.717, 1.165) is 11.8 Å². The molecular formula is C17H17ClN4O2S. The Balaban J connectivity index is 2.48. The summed E-state index contributed by atoms with van der Waals surface area (Å²) in [7, 11) is 0. The summed E-state index contributed by atoms with van der Waals surface area (Å²) in [6.45, 7) is 5.23. The molecule has 0 spiro atoms. The smallest absolute Gasteiger partial charge is 0.262 e. The van der Waals surface area contributed by atoms with Gasteiger partial charge in [0.2, 0.25) is 0 Å². The van der Waals surface area contributed by atoms with Crippen molar-refractivity contribution in [1.82, 2.24) is 9.55 Å². The zero-order valence-electron chi connectivity index (χ0n) is 14.0. The molecule has 2 aromatic rings. The molecule has 0 atom stereocenters. The predicted octanol–water partition coefficient (Wildman–Crippen LogP) is 3.05. The summed E-state index contributed by atoms with van der Waals surface area (Å²) in [5, 5.41) is 10.4. The first-order valence-electron chi connectivity index (χ1n) is 7.50. The van der Waals surface area contributed by atoms with Crippen molar-refractivity contribution in [3.63, 3.8) is 0 Å². The number of hydrogen-bond donors (Lipinski definition) is 1. The average molecular weight is 377 g/mol. The third kappa shape index (κ3) is 4.03. The van der Waals surface area contributed by atoms with Crippen LogP contribution in [0.5, 0.6) is 0 Å². The topological polar surface area (TPSA) is 102 Å². The van der Waals surface area contributed by atoms with E-state index in [0.29, 0.717) is 21.1 Å². The third-order valence-corrected chi connectivity index (χ3v) is 4.65. The SMILES string of the molecule is C/C(N)=C(/C#N)C(=O)CSc1nc2cc(Cl)ccc2c(=O)n1C(C)C. The maximum Gasteiger partial charge on any atom is 0.262 e. The summed E-state index contributed by atoms with van der Waals surface area (Å²) >= 11 is 7.08. The molecule has 0 aliphatic rings. The Kier molecular flexibility index (Phi) is 5.88. The van der Waals surface area contributed by atoms with Crippen LogP contribution in [-0.2, 0) is 4.79 Å². The van der Waals surface area contributed by atoms with E-state index in [2.05, 4.69) is 4.98 Å². The van der Waals surface area contributed by atoms with E-state index >= 15 is 0 Å². The highest BCUT2D eigenvalue weighted by Gasteiger charge is 2.17. The molecule has 25 heavy (non-hydrogen) atoms. The van der Waals surface area contributed by atoms with Gasteiger partial charge >= 0.3 is 0 Å². The van der Waals surface area contributed by atoms with Crippen LogP contribution in [-0.4, -0.2) is 21.1 Å². The quantitative estimate of drug-likeness (QED) is 0.372. The maximum absolute atomic E-state index is 12.7. The molecule has 1 heterocycles. The van der Waals surface area contributed by atoms with Crippen LogP contribution >= 0.6 is 23.4 Å². The first kappa shape index (κ1) is 19.0. The molecule has 6 nitrogen and oxygen atoms in total. The van der Waals surface area contributed by atoms with E-state index < -0.39 is 5.78 Å². The van der Waals surface area contributed by atoms with Gasteiger partial charge in [-0.05, 0) is 39.0 Å². The van der Waals surface area contributed by atoms with E-state index in [1.165, 1.54) is 11.5 Å². The number of halogens is 1. The Morgan fingerprint density at radius 2 is 2.16 bits per heavy atom. The fourth-order valence-electron chi connectivity index (χ4n) is 2.28. The molecule has 0 unspecified atom stereocenters. The molecule has 0 aliphatic carbocycles. The number of nitrogens with two attached hydrogens (primary N) is 1. The largest absolute Gasteiger partial charge is 0.401 e. The van der Waals surface area contributed by atoms with Gasteiger partial charge in [0.25, 0.3) is 5.56 Å². The fourth-order valence-corrected chi connectivity index (χ4v) is 3.45. The lowest BCUT2D eigenvalue weighted by atomic mass is 10.2. The van der Waals surface area contributed by atoms with Gasteiger partial charge in [-0.15, -0.1) is 0 Å². The van der Waals surface area contributed by atoms with Gasteiger partial charge in [-0.25, -0.2) is 4.98 Å². The van der Waals surface area contributed by atoms with Crippen LogP contribution < -0.4 is 11.3 Å². The van der Waals surface area contributed by atoms with Gasteiger partial charge in [0.05, 0.1) is 16.7 Å². The number of ketones is 1. The molecule has 0 aliphatic heterocycles. The highest BCUT2D eigenvalue weighted by Crippen LogP contribution is 2.23. The molecule has 130 valence electrons. The van der Waals surface area contributed by atoms with E-state index in [9.17, 15) is 9.59 Å². The average Bonchev–Trinajstić information content (AvgIpc) is 2.52. The predicted molar refractivity (Wildman–Crippen MR) is 99.6 cm³/mol. The normalized spacial score (nSPS) is 12.2. The summed E-state index contributed by atoms with van der Waals surface area (Å²) in [4.78, 5) is 29.4. The second-order valence-corrected chi connectivity index (χ2v) is 7.09. The van der Waals surface area contributed by atoms with Crippen LogP contribution in [0.2, 0.25) is 5.02 Å². The van der Waals surface area contributed by atoms with Gasteiger partial charge in [0.15, 0.2) is 10.9 Å². The standard InChI is InChI=1S/C17H17ClN4O2S/c1-9(2)22-16(24)12-5-4-11(18)6-14(12)21-17(22)25-8-15(23)13(7-19)10(3)20/h4-6,9H,8,20H2,1-3H3/b13-10+. The Hall–Kier alpha value is -2.30. The van der Waals surface area contributed by atoms with Crippen molar-refractivity contribution in [2.45, 2.75) is 32.0 Å². The zero-order chi connectivity index (χ0) is 18.7. The fraction of sp³-hybridized carbons (Fsp3) is 0.294. The number of Topliss-reactive ketones (excluding diaryl/α,β-unsaturated/α-hetero) is 1. The van der Waals surface area contributed by atoms with Gasteiger partial charge in [-0.3, -0.25) is 14.2 Å². The zero-order valence-corrected chi connectivity index (χ0v) is 15.6. The number of hydrogen-bond acceptors (Lipinski definition) is 6. The molecule has 0 radical (unpaired) electrons. The molecular weight excluding hydrogens is 360 g/mol. The lowest BCUT2D eigenvalue weighted by Gasteiger charge is -2.16. The molecule has 8 heteroatoms. The number of nitriles is 1. The summed E-state index contributed by atoms with van der Waals surface area (Å²) in [6.07, 6.45) is 0. The minimum atomic E-state index is -0.400. The van der Waals surface area contributed by atoms with Gasteiger partial charge in [-0.2, -0.15) is 5.26 Å². The number of rotatable bonds is 5. The molecule has 0 amide bonds. The Morgan fingerprint density at radius 3 is 2.72 bits per heavy atom. The van der Waals surface area contributed by atoms with E-state index in [4.69, 9.17) is 22.6 Å². The number of aromatic nitrogens is 2. The molecule has 2 rings (SSSR count). The van der Waals surface area contributed by atoms with E-state index in [-0.39, 0.29) is 28.6 Å². The molecule has 0 bridgehead atoms. The lowest BCUT2D eigenvalue weighted by Crippen LogP contribution is -2.25. The lowest BCUT2D eigenvalue weighted by molar-refractivity contribution is -0.112. The van der Waals surface area contributed by atoms with Crippen molar-refractivity contribution in [2.24, 2.45) is 5.73 Å². The van der Waals surface area contributed by atoms with Crippen molar-refractivity contribution < 1.29 is 4.79 Å². The highest BCUT2D eigenvalue weighted by atomic mass is 35.5. The molecule has 0 saturated carbocycles. The van der Waals surface area contributed by atoms with Gasteiger partial charge in [0.1, 0.15) is 11.6 Å². The number of carbonyl (C=O) groups excluding carboxylic acids is 1. The van der Waals surface area contributed by atoms with E-state index in [1.54, 1.807) is 18.2 Å². The van der Waals surface area contributed by atoms with Crippen LogP contribution in [0.15, 0.2) is 39.4 Å². The summed E-state index contributed by atoms with van der Waals surface area (Å²) < 4.78 is 1.53. The second kappa shape index (κ2) is 7.72. The number of nitrogens with zero attached hydrogens (tertiary/aromatic N) is 3. The van der Waals surface area contributed by atoms with Crippen molar-refractivity contribution in [1.29, 1.82) is 5.26 Å².